The smallest absolute Gasteiger partial charge is 0.233 e. The molecule has 5 heteroatoms. The summed E-state index contributed by atoms with van der Waals surface area (Å²) in [6, 6.07) is 9.04. The van der Waals surface area contributed by atoms with Gasteiger partial charge in [-0.05, 0) is 24.3 Å². The van der Waals surface area contributed by atoms with Crippen LogP contribution in [0.4, 0.5) is 0 Å². The van der Waals surface area contributed by atoms with Gasteiger partial charge in [0.05, 0.1) is 17.3 Å². The molecule has 0 amide bonds. The number of aromatic nitrogens is 2. The van der Waals surface area contributed by atoms with Gasteiger partial charge in [0.1, 0.15) is 5.01 Å². The molecule has 19 heavy (non-hydrogen) atoms. The van der Waals surface area contributed by atoms with Gasteiger partial charge in [0, 0.05) is 23.4 Å². The van der Waals surface area contributed by atoms with Gasteiger partial charge in [-0.3, -0.25) is 4.79 Å². The van der Waals surface area contributed by atoms with Crippen molar-refractivity contribution in [1.82, 2.24) is 9.97 Å². The van der Waals surface area contributed by atoms with E-state index in [0.29, 0.717) is 11.4 Å². The van der Waals surface area contributed by atoms with Crippen LogP contribution in [0.1, 0.15) is 5.56 Å². The normalized spacial score (nSPS) is 10.6. The molecular weight excluding hydrogens is 260 g/mol. The van der Waals surface area contributed by atoms with Crippen LogP contribution < -0.4 is 4.74 Å². The van der Waals surface area contributed by atoms with E-state index in [1.807, 2.05) is 18.4 Å². The van der Waals surface area contributed by atoms with Crippen molar-refractivity contribution in [3.8, 4) is 16.5 Å². The maximum absolute atomic E-state index is 10.6. The van der Waals surface area contributed by atoms with E-state index in [1.165, 1.54) is 11.3 Å². The highest BCUT2D eigenvalue weighted by molar-refractivity contribution is 7.21. The fourth-order valence-corrected chi connectivity index (χ4v) is 2.73. The second kappa shape index (κ2) is 4.78. The summed E-state index contributed by atoms with van der Waals surface area (Å²) in [5.74, 6) is 0.572. The van der Waals surface area contributed by atoms with Gasteiger partial charge in [-0.25, -0.2) is 9.97 Å². The van der Waals surface area contributed by atoms with Crippen molar-refractivity contribution in [1.29, 1.82) is 0 Å². The molecule has 0 saturated heterocycles. The Bertz CT molecular complexity index is 735. The number of ether oxygens (including phenoxy) is 1. The number of hydrogen-bond donors (Lipinski definition) is 0. The molecule has 0 bridgehead atoms. The van der Waals surface area contributed by atoms with Gasteiger partial charge >= 0.3 is 0 Å². The summed E-state index contributed by atoms with van der Waals surface area (Å²) in [5, 5.41) is 0.869. The molecule has 4 nitrogen and oxygen atoms in total. The number of nitrogens with zero attached hydrogens (tertiary/aromatic N) is 2. The van der Waals surface area contributed by atoms with Gasteiger partial charge in [0.2, 0.25) is 12.2 Å². The van der Waals surface area contributed by atoms with Crippen molar-refractivity contribution in [3.05, 3.63) is 42.1 Å². The summed E-state index contributed by atoms with van der Waals surface area (Å²) in [4.78, 5) is 19.3. The van der Waals surface area contributed by atoms with Crippen LogP contribution in [-0.2, 0) is 4.79 Å². The predicted octanol–water partition coefficient (Wildman–Crippen LogP) is 2.82. The van der Waals surface area contributed by atoms with E-state index in [4.69, 9.17) is 4.74 Å². The first kappa shape index (κ1) is 11.8. The predicted molar refractivity (Wildman–Crippen MR) is 74.2 cm³/mol. The lowest BCUT2D eigenvalue weighted by molar-refractivity contribution is 0.398. The molecule has 0 fully saturated rings. The fourth-order valence-electron chi connectivity index (χ4n) is 1.74. The Morgan fingerprint density at radius 3 is 2.84 bits per heavy atom. The van der Waals surface area contributed by atoms with Gasteiger partial charge in [-0.2, -0.15) is 0 Å². The molecular formula is C14H9N2O2S. The molecule has 1 radical (unpaired) electrons. The van der Waals surface area contributed by atoms with Gasteiger partial charge in [-0.15, -0.1) is 11.3 Å². The summed E-state index contributed by atoms with van der Waals surface area (Å²) in [7, 11) is 1.58. The standard InChI is InChI=1S/C14H9N2O2S/c1-18-13-5-3-10(7-15-13)14-16-11-4-2-9(8-17)6-12(11)19-14/h2-7H,1H3. The first-order valence-electron chi connectivity index (χ1n) is 5.59. The number of benzene rings is 1. The highest BCUT2D eigenvalue weighted by Crippen LogP contribution is 2.30. The highest BCUT2D eigenvalue weighted by atomic mass is 32.1. The third kappa shape index (κ3) is 2.20. The van der Waals surface area contributed by atoms with Gasteiger partial charge in [-0.1, -0.05) is 0 Å². The topological polar surface area (TPSA) is 52.1 Å². The molecule has 0 aliphatic rings. The molecule has 1 aromatic carbocycles. The van der Waals surface area contributed by atoms with E-state index in [2.05, 4.69) is 9.97 Å². The van der Waals surface area contributed by atoms with E-state index in [-0.39, 0.29) is 0 Å². The summed E-state index contributed by atoms with van der Waals surface area (Å²) in [6.45, 7) is 0. The zero-order valence-electron chi connectivity index (χ0n) is 10.1. The van der Waals surface area contributed by atoms with Crippen molar-refractivity contribution in [2.24, 2.45) is 0 Å². The molecule has 0 aliphatic heterocycles. The maximum atomic E-state index is 10.6. The second-order valence-electron chi connectivity index (χ2n) is 3.89. The van der Waals surface area contributed by atoms with Crippen molar-refractivity contribution >= 4 is 27.8 Å². The van der Waals surface area contributed by atoms with E-state index >= 15 is 0 Å². The van der Waals surface area contributed by atoms with Crippen molar-refractivity contribution in [2.45, 2.75) is 0 Å². The minimum atomic E-state index is 0.538. The Hall–Kier alpha value is -2.27. The number of thiazole rings is 1. The Morgan fingerprint density at radius 2 is 2.16 bits per heavy atom. The molecule has 2 heterocycles. The van der Waals surface area contributed by atoms with E-state index in [1.54, 1.807) is 31.5 Å². The molecule has 0 aliphatic carbocycles. The second-order valence-corrected chi connectivity index (χ2v) is 4.92. The van der Waals surface area contributed by atoms with E-state index < -0.39 is 0 Å². The monoisotopic (exact) mass is 269 g/mol. The van der Waals surface area contributed by atoms with Crippen LogP contribution in [0, 0.1) is 0 Å². The lowest BCUT2D eigenvalue weighted by Gasteiger charge is -1.98. The summed E-state index contributed by atoms with van der Waals surface area (Å²) in [6.07, 6.45) is 3.61. The zero-order valence-corrected chi connectivity index (χ0v) is 10.9. The third-order valence-corrected chi connectivity index (χ3v) is 3.77. The number of fused-ring (bicyclic) bond motifs is 1. The Kier molecular flexibility index (Phi) is 2.97. The van der Waals surface area contributed by atoms with Crippen LogP contribution in [0.25, 0.3) is 20.8 Å². The Balaban J connectivity index is 2.06. The van der Waals surface area contributed by atoms with Crippen molar-refractivity contribution in [2.75, 3.05) is 7.11 Å². The zero-order chi connectivity index (χ0) is 13.2. The minimum Gasteiger partial charge on any atom is -0.481 e. The molecule has 0 unspecified atom stereocenters. The van der Waals surface area contributed by atoms with Crippen LogP contribution in [0.5, 0.6) is 5.88 Å². The van der Waals surface area contributed by atoms with Crippen LogP contribution in [0.3, 0.4) is 0 Å². The molecule has 0 spiro atoms. The van der Waals surface area contributed by atoms with Crippen LogP contribution in [-0.4, -0.2) is 23.4 Å². The summed E-state index contributed by atoms with van der Waals surface area (Å²) < 4.78 is 5.99. The number of rotatable bonds is 3. The van der Waals surface area contributed by atoms with Crippen LogP contribution >= 0.6 is 11.3 Å². The first-order chi connectivity index (χ1) is 9.30. The molecule has 3 aromatic rings. The van der Waals surface area contributed by atoms with Crippen LogP contribution in [0.15, 0.2) is 36.5 Å². The highest BCUT2D eigenvalue weighted by Gasteiger charge is 2.07. The number of carbonyl (C=O) groups excluding carboxylic acids is 1. The average molecular weight is 269 g/mol. The molecule has 2 aromatic heterocycles. The van der Waals surface area contributed by atoms with E-state index in [0.717, 1.165) is 20.8 Å². The lowest BCUT2D eigenvalue weighted by Crippen LogP contribution is -1.86. The summed E-state index contributed by atoms with van der Waals surface area (Å²) >= 11 is 1.52. The maximum Gasteiger partial charge on any atom is 0.233 e. The van der Waals surface area contributed by atoms with Gasteiger partial charge < -0.3 is 4.74 Å². The Labute approximate surface area is 113 Å². The average Bonchev–Trinajstić information content (AvgIpc) is 2.90. The molecule has 3 rings (SSSR count). The molecule has 93 valence electrons. The van der Waals surface area contributed by atoms with E-state index in [9.17, 15) is 4.79 Å². The lowest BCUT2D eigenvalue weighted by atomic mass is 10.2. The number of pyridine rings is 1. The van der Waals surface area contributed by atoms with Crippen molar-refractivity contribution < 1.29 is 9.53 Å². The molecule has 0 saturated carbocycles. The van der Waals surface area contributed by atoms with Crippen LogP contribution in [0.2, 0.25) is 0 Å². The van der Waals surface area contributed by atoms with Gasteiger partial charge in [0.25, 0.3) is 0 Å². The minimum absolute atomic E-state index is 0.538. The Morgan fingerprint density at radius 1 is 1.26 bits per heavy atom. The molecule has 0 atom stereocenters. The SMILES string of the molecule is COc1ccc(-c2nc3ccc([C]=O)cc3s2)cn1. The van der Waals surface area contributed by atoms with Crippen molar-refractivity contribution in [3.63, 3.8) is 0 Å². The molecule has 0 N–H and O–H groups in total. The van der Waals surface area contributed by atoms with Gasteiger partial charge in [0.15, 0.2) is 0 Å². The quantitative estimate of drug-likeness (QED) is 0.733. The largest absolute Gasteiger partial charge is 0.481 e. The fraction of sp³-hybridized carbons (Fsp3) is 0.0714. The first-order valence-corrected chi connectivity index (χ1v) is 6.41. The summed E-state index contributed by atoms with van der Waals surface area (Å²) in [5.41, 5.74) is 2.34. The number of methoxy groups -OCH3 is 1. The number of hydrogen-bond acceptors (Lipinski definition) is 5. The third-order valence-electron chi connectivity index (χ3n) is 2.70.